The molecule has 0 radical (unpaired) electrons. The first-order valence-electron chi connectivity index (χ1n) is 7.18. The fraction of sp³-hybridized carbons (Fsp3) is 0.533. The Labute approximate surface area is 121 Å². The van der Waals surface area contributed by atoms with Crippen LogP contribution in [0.15, 0.2) is 24.5 Å². The molecule has 2 rings (SSSR count). The Balaban J connectivity index is 2.41. The van der Waals surface area contributed by atoms with Crippen LogP contribution >= 0.6 is 0 Å². The van der Waals surface area contributed by atoms with Crippen LogP contribution in [0.5, 0.6) is 0 Å². The van der Waals surface area contributed by atoms with Gasteiger partial charge in [-0.15, -0.1) is 0 Å². The number of aromatic nitrogens is 2. The van der Waals surface area contributed by atoms with Crippen molar-refractivity contribution >= 4 is 23.6 Å². The Kier molecular flexibility index (Phi) is 4.50. The minimum atomic E-state index is -0.358. The van der Waals surface area contributed by atoms with Gasteiger partial charge in [-0.3, -0.25) is 0 Å². The quantitative estimate of drug-likeness (QED) is 0.759. The zero-order valence-electron chi connectivity index (χ0n) is 13.0. The Morgan fingerprint density at radius 3 is 2.70 bits per heavy atom. The summed E-state index contributed by atoms with van der Waals surface area (Å²) in [7, 11) is 1.63. The van der Waals surface area contributed by atoms with Crippen LogP contribution in [-0.4, -0.2) is 28.9 Å². The van der Waals surface area contributed by atoms with Gasteiger partial charge in [0, 0.05) is 37.0 Å². The molecule has 20 heavy (non-hydrogen) atoms. The van der Waals surface area contributed by atoms with E-state index in [-0.39, 0.29) is 12.7 Å². The van der Waals surface area contributed by atoms with Crippen LogP contribution < -0.4 is 5.46 Å². The fourth-order valence-corrected chi connectivity index (χ4v) is 2.10. The summed E-state index contributed by atoms with van der Waals surface area (Å²) in [6, 6.07) is 4.04. The molecule has 2 heterocycles. The van der Waals surface area contributed by atoms with Crippen molar-refractivity contribution in [2.75, 3.05) is 6.61 Å². The monoisotopic (exact) mass is 274 g/mol. The summed E-state index contributed by atoms with van der Waals surface area (Å²) in [5.41, 5.74) is 1.77. The maximum atomic E-state index is 6.17. The van der Waals surface area contributed by atoms with Gasteiger partial charge in [0.05, 0.1) is 0 Å². The zero-order chi connectivity index (χ0) is 14.8. The van der Waals surface area contributed by atoms with Crippen LogP contribution in [0.25, 0.3) is 11.0 Å². The lowest BCUT2D eigenvalue weighted by Gasteiger charge is -2.28. The molecule has 108 valence electrons. The van der Waals surface area contributed by atoms with Crippen LogP contribution in [0.3, 0.4) is 0 Å². The molecule has 2 aromatic heterocycles. The molecule has 0 N–H and O–H groups in total. The second kappa shape index (κ2) is 5.98. The number of hydrogen-bond acceptors (Lipinski definition) is 3. The van der Waals surface area contributed by atoms with Crippen LogP contribution in [0, 0.1) is 0 Å². The highest BCUT2D eigenvalue weighted by molar-refractivity contribution is 6.64. The third-order valence-electron chi connectivity index (χ3n) is 3.65. The highest BCUT2D eigenvalue weighted by Gasteiger charge is 2.30. The Morgan fingerprint density at radius 2 is 2.05 bits per heavy atom. The standard InChI is InChI=1S/C15H23BN2O2/c1-6-15(3,4)20-16(19-7-2)13-8-10-17-14-12(13)9-11-18(14)5/h8-11H,6-7H2,1-5H3. The Morgan fingerprint density at radius 1 is 1.30 bits per heavy atom. The number of fused-ring (bicyclic) bond motifs is 1. The summed E-state index contributed by atoms with van der Waals surface area (Å²) >= 11 is 0. The van der Waals surface area contributed by atoms with Crippen molar-refractivity contribution in [2.45, 2.75) is 39.7 Å². The van der Waals surface area contributed by atoms with Crippen LogP contribution in [0.1, 0.15) is 34.1 Å². The van der Waals surface area contributed by atoms with E-state index in [9.17, 15) is 0 Å². The van der Waals surface area contributed by atoms with E-state index in [0.717, 1.165) is 22.9 Å². The molecular formula is C15H23BN2O2. The highest BCUT2D eigenvalue weighted by Crippen LogP contribution is 2.18. The predicted octanol–water partition coefficient (Wildman–Crippen LogP) is 2.51. The third-order valence-corrected chi connectivity index (χ3v) is 3.65. The van der Waals surface area contributed by atoms with Crippen LogP contribution in [0.4, 0.5) is 0 Å². The number of rotatable bonds is 6. The summed E-state index contributed by atoms with van der Waals surface area (Å²) in [6.45, 7) is 8.89. The molecule has 2 aromatic rings. The minimum absolute atomic E-state index is 0.218. The molecule has 0 aliphatic heterocycles. The molecule has 0 aliphatic rings. The van der Waals surface area contributed by atoms with E-state index in [0.29, 0.717) is 6.61 Å². The molecule has 0 spiro atoms. The second-order valence-electron chi connectivity index (χ2n) is 5.58. The number of pyridine rings is 1. The van der Waals surface area contributed by atoms with Crippen molar-refractivity contribution in [3.63, 3.8) is 0 Å². The Bertz CT molecular complexity index is 580. The van der Waals surface area contributed by atoms with E-state index in [1.54, 1.807) is 0 Å². The van der Waals surface area contributed by atoms with E-state index in [1.165, 1.54) is 0 Å². The molecule has 0 atom stereocenters. The van der Waals surface area contributed by atoms with Crippen LogP contribution in [0.2, 0.25) is 0 Å². The van der Waals surface area contributed by atoms with Gasteiger partial charge in [0.25, 0.3) is 0 Å². The van der Waals surface area contributed by atoms with Crippen molar-refractivity contribution < 1.29 is 9.31 Å². The SMILES string of the molecule is CCOB(OC(C)(C)CC)c1ccnc2c1ccn2C. The molecule has 0 bridgehead atoms. The van der Waals surface area contributed by atoms with Crippen molar-refractivity contribution in [3.05, 3.63) is 24.5 Å². The summed E-state index contributed by atoms with van der Waals surface area (Å²) in [4.78, 5) is 4.41. The van der Waals surface area contributed by atoms with Gasteiger partial charge in [0.15, 0.2) is 0 Å². The predicted molar refractivity (Wildman–Crippen MR) is 83.2 cm³/mol. The van der Waals surface area contributed by atoms with E-state index in [4.69, 9.17) is 9.31 Å². The van der Waals surface area contributed by atoms with Gasteiger partial charge >= 0.3 is 7.12 Å². The molecule has 0 amide bonds. The lowest BCUT2D eigenvalue weighted by molar-refractivity contribution is 0.0707. The average Bonchev–Trinajstić information content (AvgIpc) is 2.80. The smallest absolute Gasteiger partial charge is 0.408 e. The average molecular weight is 274 g/mol. The topological polar surface area (TPSA) is 36.3 Å². The van der Waals surface area contributed by atoms with Crippen molar-refractivity contribution in [2.24, 2.45) is 7.05 Å². The number of nitrogens with zero attached hydrogens (tertiary/aromatic N) is 2. The zero-order valence-corrected chi connectivity index (χ0v) is 13.0. The summed E-state index contributed by atoms with van der Waals surface area (Å²) in [5, 5.41) is 1.08. The minimum Gasteiger partial charge on any atom is -0.408 e. The first kappa shape index (κ1) is 15.1. The molecule has 0 aliphatic carbocycles. The Hall–Kier alpha value is -1.33. The summed E-state index contributed by atoms with van der Waals surface area (Å²) in [5.74, 6) is 0. The lowest BCUT2D eigenvalue weighted by atomic mass is 9.76. The maximum Gasteiger partial charge on any atom is 0.495 e. The van der Waals surface area contributed by atoms with Gasteiger partial charge in [-0.2, -0.15) is 0 Å². The van der Waals surface area contributed by atoms with E-state index < -0.39 is 0 Å². The number of aryl methyl sites for hydroxylation is 1. The molecule has 0 unspecified atom stereocenters. The van der Waals surface area contributed by atoms with Gasteiger partial charge in [0.1, 0.15) is 5.65 Å². The van der Waals surface area contributed by atoms with Gasteiger partial charge < -0.3 is 13.9 Å². The fourth-order valence-electron chi connectivity index (χ4n) is 2.10. The first-order valence-corrected chi connectivity index (χ1v) is 7.18. The second-order valence-corrected chi connectivity index (χ2v) is 5.58. The summed E-state index contributed by atoms with van der Waals surface area (Å²) < 4.78 is 14.0. The van der Waals surface area contributed by atoms with Gasteiger partial charge in [0.2, 0.25) is 0 Å². The molecule has 0 saturated heterocycles. The van der Waals surface area contributed by atoms with Gasteiger partial charge in [-0.1, -0.05) is 6.92 Å². The maximum absolute atomic E-state index is 6.17. The normalized spacial score (nSPS) is 12.1. The molecule has 0 fully saturated rings. The van der Waals surface area contributed by atoms with E-state index >= 15 is 0 Å². The molecular weight excluding hydrogens is 251 g/mol. The van der Waals surface area contributed by atoms with Crippen molar-refractivity contribution in [1.82, 2.24) is 9.55 Å². The lowest BCUT2D eigenvalue weighted by Crippen LogP contribution is -2.44. The molecule has 0 aromatic carbocycles. The molecule has 4 nitrogen and oxygen atoms in total. The molecule has 5 heteroatoms. The third kappa shape index (κ3) is 3.05. The van der Waals surface area contributed by atoms with Crippen LogP contribution in [-0.2, 0) is 16.4 Å². The van der Waals surface area contributed by atoms with Gasteiger partial charge in [-0.05, 0) is 44.8 Å². The van der Waals surface area contributed by atoms with Crippen molar-refractivity contribution in [3.8, 4) is 0 Å². The summed E-state index contributed by atoms with van der Waals surface area (Å²) in [6.07, 6.45) is 4.75. The van der Waals surface area contributed by atoms with Crippen molar-refractivity contribution in [1.29, 1.82) is 0 Å². The molecule has 0 saturated carbocycles. The van der Waals surface area contributed by atoms with E-state index in [1.807, 2.05) is 37.0 Å². The highest BCUT2D eigenvalue weighted by atomic mass is 16.6. The first-order chi connectivity index (χ1) is 9.48. The number of hydrogen-bond donors (Lipinski definition) is 0. The largest absolute Gasteiger partial charge is 0.495 e. The van der Waals surface area contributed by atoms with E-state index in [2.05, 4.69) is 31.8 Å². The van der Waals surface area contributed by atoms with Gasteiger partial charge in [-0.25, -0.2) is 4.98 Å².